The summed E-state index contributed by atoms with van der Waals surface area (Å²) in [5.74, 6) is -0.837. The highest BCUT2D eigenvalue weighted by Crippen LogP contribution is 2.31. The summed E-state index contributed by atoms with van der Waals surface area (Å²) in [5.41, 5.74) is 3.28. The van der Waals surface area contributed by atoms with E-state index in [2.05, 4.69) is 25.3 Å². The van der Waals surface area contributed by atoms with Gasteiger partial charge in [-0.1, -0.05) is 12.1 Å². The number of rotatable bonds is 7. The van der Waals surface area contributed by atoms with E-state index in [1.54, 1.807) is 24.5 Å². The van der Waals surface area contributed by atoms with Crippen LogP contribution in [0, 0.1) is 12.8 Å². The molecule has 13 heteroatoms. The molecule has 0 spiro atoms. The highest BCUT2D eigenvalue weighted by atomic mass is 16.2. The van der Waals surface area contributed by atoms with E-state index < -0.39 is 29.7 Å². The molecule has 47 heavy (non-hydrogen) atoms. The van der Waals surface area contributed by atoms with Gasteiger partial charge in [0.05, 0.1) is 35.3 Å². The van der Waals surface area contributed by atoms with Gasteiger partial charge in [-0.25, -0.2) is 4.98 Å². The number of nitrogens with zero attached hydrogens (tertiary/aromatic N) is 7. The Labute approximate surface area is 272 Å². The number of anilines is 1. The molecule has 6 heterocycles. The SMILES string of the molecule is Cc1cncc(N2CCC(C(=O)N3CCC(n4cc(CCc5cccc6c5C(=O)N(C5CCC(=O)NC5=O)C6=O)cn4)CC3)CC2)n1. The number of aryl methyl sites for hydroxylation is 3. The fourth-order valence-electron chi connectivity index (χ4n) is 7.35. The topological polar surface area (TPSA) is 151 Å². The normalized spacial score (nSPS) is 21.0. The van der Waals surface area contributed by atoms with E-state index in [0.29, 0.717) is 37.1 Å². The average molecular weight is 639 g/mol. The van der Waals surface area contributed by atoms with E-state index in [4.69, 9.17) is 0 Å². The third-order valence-corrected chi connectivity index (χ3v) is 9.95. The quantitative estimate of drug-likeness (QED) is 0.385. The molecule has 1 aromatic carbocycles. The first-order chi connectivity index (χ1) is 22.8. The number of imide groups is 2. The van der Waals surface area contributed by atoms with Crippen LogP contribution in [0.1, 0.15) is 82.1 Å². The summed E-state index contributed by atoms with van der Waals surface area (Å²) in [6, 6.07) is 4.44. The Morgan fingerprint density at radius 1 is 0.915 bits per heavy atom. The van der Waals surface area contributed by atoms with Gasteiger partial charge in [0.25, 0.3) is 11.8 Å². The molecule has 7 rings (SSSR count). The van der Waals surface area contributed by atoms with Crippen LogP contribution in [0.25, 0.3) is 0 Å². The van der Waals surface area contributed by atoms with Crippen LogP contribution in [0.2, 0.25) is 0 Å². The van der Waals surface area contributed by atoms with Crippen molar-refractivity contribution in [2.75, 3.05) is 31.1 Å². The average Bonchev–Trinajstić information content (AvgIpc) is 3.66. The lowest BCUT2D eigenvalue weighted by atomic mass is 9.94. The smallest absolute Gasteiger partial charge is 0.262 e. The predicted molar refractivity (Wildman–Crippen MR) is 169 cm³/mol. The predicted octanol–water partition coefficient (Wildman–Crippen LogP) is 2.25. The summed E-state index contributed by atoms with van der Waals surface area (Å²) in [5, 5.41) is 6.88. The molecule has 0 bridgehead atoms. The summed E-state index contributed by atoms with van der Waals surface area (Å²) < 4.78 is 1.99. The van der Waals surface area contributed by atoms with Gasteiger partial charge in [-0.2, -0.15) is 5.10 Å². The van der Waals surface area contributed by atoms with Crippen molar-refractivity contribution >= 4 is 35.4 Å². The van der Waals surface area contributed by atoms with Crippen molar-refractivity contribution in [1.82, 2.24) is 34.9 Å². The molecule has 3 aromatic rings. The zero-order valence-corrected chi connectivity index (χ0v) is 26.4. The maximum absolute atomic E-state index is 13.4. The molecule has 5 amide bonds. The summed E-state index contributed by atoms with van der Waals surface area (Å²) in [4.78, 5) is 78.1. The van der Waals surface area contributed by atoms with Gasteiger partial charge in [-0.3, -0.25) is 43.9 Å². The number of piperidine rings is 3. The molecule has 1 unspecified atom stereocenters. The second-order valence-electron chi connectivity index (χ2n) is 13.0. The Balaban J connectivity index is 0.918. The molecule has 4 aliphatic heterocycles. The van der Waals surface area contributed by atoms with Crippen molar-refractivity contribution in [1.29, 1.82) is 0 Å². The van der Waals surface area contributed by atoms with Crippen molar-refractivity contribution < 1.29 is 24.0 Å². The Morgan fingerprint density at radius 3 is 2.45 bits per heavy atom. The van der Waals surface area contributed by atoms with E-state index >= 15 is 0 Å². The number of fused-ring (bicyclic) bond motifs is 1. The number of carbonyl (C=O) groups excluding carboxylic acids is 5. The summed E-state index contributed by atoms with van der Waals surface area (Å²) >= 11 is 0. The minimum atomic E-state index is -0.986. The minimum Gasteiger partial charge on any atom is -0.355 e. The van der Waals surface area contributed by atoms with Gasteiger partial charge < -0.3 is 9.80 Å². The summed E-state index contributed by atoms with van der Waals surface area (Å²) in [6.45, 7) is 4.95. The first kappa shape index (κ1) is 30.7. The van der Waals surface area contributed by atoms with E-state index in [9.17, 15) is 24.0 Å². The second-order valence-corrected chi connectivity index (χ2v) is 13.0. The van der Waals surface area contributed by atoms with Crippen LogP contribution in [-0.4, -0.2) is 91.3 Å². The van der Waals surface area contributed by atoms with E-state index in [0.717, 1.165) is 66.3 Å². The van der Waals surface area contributed by atoms with Gasteiger partial charge in [-0.15, -0.1) is 0 Å². The van der Waals surface area contributed by atoms with Crippen molar-refractivity contribution in [3.8, 4) is 0 Å². The Kier molecular flexibility index (Phi) is 8.29. The van der Waals surface area contributed by atoms with E-state index in [1.807, 2.05) is 35.0 Å². The lowest BCUT2D eigenvalue weighted by Crippen LogP contribution is -2.54. The molecular weight excluding hydrogens is 600 g/mol. The lowest BCUT2D eigenvalue weighted by molar-refractivity contribution is -0.138. The maximum atomic E-state index is 13.4. The van der Waals surface area contributed by atoms with E-state index in [1.165, 1.54) is 0 Å². The van der Waals surface area contributed by atoms with Crippen molar-refractivity contribution in [2.45, 2.75) is 70.4 Å². The van der Waals surface area contributed by atoms with Gasteiger partial charge >= 0.3 is 0 Å². The largest absolute Gasteiger partial charge is 0.355 e. The first-order valence-corrected chi connectivity index (χ1v) is 16.5. The highest BCUT2D eigenvalue weighted by molar-refractivity contribution is 6.24. The fraction of sp³-hybridized carbons (Fsp3) is 0.471. The zero-order valence-electron chi connectivity index (χ0n) is 26.4. The number of aromatic nitrogens is 4. The Morgan fingerprint density at radius 2 is 1.70 bits per heavy atom. The van der Waals surface area contributed by atoms with Crippen molar-refractivity contribution in [2.24, 2.45) is 5.92 Å². The molecular formula is C34H38N8O5. The number of amides is 5. The molecule has 3 saturated heterocycles. The molecule has 4 aliphatic rings. The van der Waals surface area contributed by atoms with E-state index in [-0.39, 0.29) is 30.7 Å². The number of likely N-dealkylation sites (tertiary alicyclic amines) is 1. The van der Waals surface area contributed by atoms with Crippen molar-refractivity contribution in [3.63, 3.8) is 0 Å². The van der Waals surface area contributed by atoms with Crippen LogP contribution in [0.5, 0.6) is 0 Å². The molecule has 0 radical (unpaired) electrons. The number of hydrogen-bond acceptors (Lipinski definition) is 9. The Bertz CT molecular complexity index is 1740. The number of benzene rings is 1. The van der Waals surface area contributed by atoms with Gasteiger partial charge in [0, 0.05) is 50.9 Å². The lowest BCUT2D eigenvalue weighted by Gasteiger charge is -2.37. The molecule has 244 valence electrons. The minimum absolute atomic E-state index is 0.0367. The molecule has 0 saturated carbocycles. The molecule has 1 atom stereocenters. The number of hydrogen-bond donors (Lipinski definition) is 1. The second kappa shape index (κ2) is 12.7. The van der Waals surface area contributed by atoms with Crippen LogP contribution < -0.4 is 10.2 Å². The monoisotopic (exact) mass is 638 g/mol. The maximum Gasteiger partial charge on any atom is 0.262 e. The Hall–Kier alpha value is -4.94. The standard InChI is InChI=1S/C34H38N8O5/c1-21-17-35-19-28(37-21)39-13-9-24(10-14-39)32(45)40-15-11-25(12-16-40)41-20-22(18-36-41)5-6-23-3-2-4-26-30(23)34(47)42(33(26)46)27-7-8-29(43)38-31(27)44/h2-4,17-20,24-25,27H,5-16H2,1H3,(H,38,43,44). The molecule has 1 N–H and O–H groups in total. The molecule has 2 aromatic heterocycles. The third-order valence-electron chi connectivity index (χ3n) is 9.95. The van der Waals surface area contributed by atoms with Crippen LogP contribution in [0.4, 0.5) is 5.82 Å². The fourth-order valence-corrected chi connectivity index (χ4v) is 7.35. The van der Waals surface area contributed by atoms with Crippen LogP contribution >= 0.6 is 0 Å². The summed E-state index contributed by atoms with van der Waals surface area (Å²) in [7, 11) is 0. The zero-order chi connectivity index (χ0) is 32.7. The van der Waals surface area contributed by atoms with Crippen molar-refractivity contribution in [3.05, 3.63) is 70.9 Å². The number of carbonyl (C=O) groups is 5. The van der Waals surface area contributed by atoms with Gasteiger partial charge in [0.1, 0.15) is 11.9 Å². The van der Waals surface area contributed by atoms with Gasteiger partial charge in [0.15, 0.2) is 0 Å². The first-order valence-electron chi connectivity index (χ1n) is 16.5. The van der Waals surface area contributed by atoms with Crippen LogP contribution in [0.3, 0.4) is 0 Å². The van der Waals surface area contributed by atoms with Crippen LogP contribution in [0.15, 0.2) is 43.0 Å². The highest BCUT2D eigenvalue weighted by Gasteiger charge is 2.45. The molecule has 0 aliphatic carbocycles. The van der Waals surface area contributed by atoms with Gasteiger partial charge in [-0.05, 0) is 69.1 Å². The molecule has 3 fully saturated rings. The number of nitrogens with one attached hydrogen (secondary N) is 1. The van der Waals surface area contributed by atoms with Gasteiger partial charge in [0.2, 0.25) is 17.7 Å². The molecule has 13 nitrogen and oxygen atoms in total. The summed E-state index contributed by atoms with van der Waals surface area (Å²) in [6.07, 6.45) is 12.1. The van der Waals surface area contributed by atoms with Crippen LogP contribution in [-0.2, 0) is 27.2 Å². The third kappa shape index (κ3) is 6.01.